The molecule has 20 heavy (non-hydrogen) atoms. The summed E-state index contributed by atoms with van der Waals surface area (Å²) in [4.78, 5) is 10.9. The summed E-state index contributed by atoms with van der Waals surface area (Å²) in [5.41, 5.74) is 2.39. The fraction of sp³-hybridized carbons (Fsp3) is 0.500. The second kappa shape index (κ2) is 6.37. The molecule has 0 saturated heterocycles. The van der Waals surface area contributed by atoms with E-state index in [1.165, 1.54) is 4.31 Å². The molecule has 1 N–H and O–H groups in total. The van der Waals surface area contributed by atoms with E-state index in [-0.39, 0.29) is 24.4 Å². The van der Waals surface area contributed by atoms with Gasteiger partial charge in [-0.05, 0) is 31.9 Å². The van der Waals surface area contributed by atoms with Gasteiger partial charge in [0.15, 0.2) is 0 Å². The van der Waals surface area contributed by atoms with Crippen LogP contribution in [0.2, 0.25) is 0 Å². The first kappa shape index (κ1) is 16.7. The summed E-state index contributed by atoms with van der Waals surface area (Å²) < 4.78 is 26.5. The van der Waals surface area contributed by atoms with Gasteiger partial charge in [-0.15, -0.1) is 0 Å². The van der Waals surface area contributed by atoms with Gasteiger partial charge in [0, 0.05) is 13.1 Å². The van der Waals surface area contributed by atoms with Crippen molar-refractivity contribution in [3.8, 4) is 0 Å². The number of rotatable bonds is 6. The molecule has 5 nitrogen and oxygen atoms in total. The predicted molar refractivity (Wildman–Crippen MR) is 77.3 cm³/mol. The zero-order valence-corrected chi connectivity index (χ0v) is 13.1. The van der Waals surface area contributed by atoms with Gasteiger partial charge < -0.3 is 5.11 Å². The predicted octanol–water partition coefficient (Wildman–Crippen LogP) is 2.10. The Morgan fingerprint density at radius 2 is 1.70 bits per heavy atom. The summed E-state index contributed by atoms with van der Waals surface area (Å²) in [5, 5.41) is 8.72. The van der Waals surface area contributed by atoms with E-state index in [4.69, 9.17) is 5.11 Å². The fourth-order valence-electron chi connectivity index (χ4n) is 2.37. The number of hydrogen-bond acceptors (Lipinski definition) is 3. The van der Waals surface area contributed by atoms with Gasteiger partial charge in [-0.1, -0.05) is 24.6 Å². The van der Waals surface area contributed by atoms with Crippen molar-refractivity contribution >= 4 is 16.0 Å². The molecule has 0 aromatic heterocycles. The lowest BCUT2D eigenvalue weighted by Crippen LogP contribution is -2.33. The average Bonchev–Trinajstić information content (AvgIpc) is 2.26. The Morgan fingerprint density at radius 3 is 2.10 bits per heavy atom. The quantitative estimate of drug-likeness (QED) is 0.873. The summed E-state index contributed by atoms with van der Waals surface area (Å²) >= 11 is 0. The van der Waals surface area contributed by atoms with Crippen LogP contribution in [0, 0.1) is 20.8 Å². The maximum atomic E-state index is 12.7. The second-order valence-electron chi connectivity index (χ2n) is 4.87. The molecule has 0 bridgehead atoms. The van der Waals surface area contributed by atoms with Crippen molar-refractivity contribution in [2.75, 3.05) is 13.1 Å². The third kappa shape index (κ3) is 3.58. The van der Waals surface area contributed by atoms with Crippen molar-refractivity contribution < 1.29 is 18.3 Å². The van der Waals surface area contributed by atoms with Gasteiger partial charge in [0.1, 0.15) is 0 Å². The summed E-state index contributed by atoms with van der Waals surface area (Å²) in [6.07, 6.45) is -0.197. The maximum Gasteiger partial charge on any atom is 0.304 e. The monoisotopic (exact) mass is 299 g/mol. The molecule has 0 fully saturated rings. The molecule has 0 aliphatic heterocycles. The Hall–Kier alpha value is -1.40. The van der Waals surface area contributed by atoms with Gasteiger partial charge in [-0.2, -0.15) is 4.31 Å². The number of carboxylic acid groups (broad SMARTS) is 1. The van der Waals surface area contributed by atoms with Crippen molar-refractivity contribution in [1.82, 2.24) is 4.31 Å². The minimum atomic E-state index is -3.65. The molecule has 0 atom stereocenters. The molecule has 1 aromatic rings. The Labute approximate surface area is 120 Å². The normalized spacial score (nSPS) is 11.8. The molecular weight excluding hydrogens is 278 g/mol. The first-order valence-electron chi connectivity index (χ1n) is 6.50. The number of carbonyl (C=O) groups is 1. The third-order valence-corrected chi connectivity index (χ3v) is 5.41. The molecule has 0 aliphatic carbocycles. The highest BCUT2D eigenvalue weighted by atomic mass is 32.2. The Morgan fingerprint density at radius 1 is 1.20 bits per heavy atom. The van der Waals surface area contributed by atoms with E-state index in [0.717, 1.165) is 5.56 Å². The fourth-order valence-corrected chi connectivity index (χ4v) is 4.23. The van der Waals surface area contributed by atoms with Crippen molar-refractivity contribution in [2.45, 2.75) is 39.0 Å². The first-order chi connectivity index (χ1) is 9.20. The largest absolute Gasteiger partial charge is 0.481 e. The van der Waals surface area contributed by atoms with E-state index in [0.29, 0.717) is 11.1 Å². The van der Waals surface area contributed by atoms with Gasteiger partial charge in [0.05, 0.1) is 11.3 Å². The van der Waals surface area contributed by atoms with Crippen LogP contribution in [0.5, 0.6) is 0 Å². The molecule has 1 aromatic carbocycles. The smallest absolute Gasteiger partial charge is 0.304 e. The molecule has 112 valence electrons. The van der Waals surface area contributed by atoms with Crippen molar-refractivity contribution in [3.05, 3.63) is 28.8 Å². The Kier molecular flexibility index (Phi) is 5.30. The summed E-state index contributed by atoms with van der Waals surface area (Å²) in [5.74, 6) is -1.00. The lowest BCUT2D eigenvalue weighted by Gasteiger charge is -2.22. The Bertz CT molecular complexity index is 585. The molecule has 0 amide bonds. The van der Waals surface area contributed by atoms with Gasteiger partial charge >= 0.3 is 5.97 Å². The van der Waals surface area contributed by atoms with E-state index in [1.807, 2.05) is 19.1 Å². The SMILES string of the molecule is CCN(CCC(=O)O)S(=O)(=O)c1c(C)cc(C)cc1C. The number of aryl methyl sites for hydroxylation is 3. The average molecular weight is 299 g/mol. The van der Waals surface area contributed by atoms with Crippen LogP contribution in [0.1, 0.15) is 30.0 Å². The van der Waals surface area contributed by atoms with Crippen molar-refractivity contribution in [1.29, 1.82) is 0 Å². The molecule has 0 saturated carbocycles. The highest BCUT2D eigenvalue weighted by Crippen LogP contribution is 2.25. The molecule has 6 heteroatoms. The van der Waals surface area contributed by atoms with Crippen LogP contribution < -0.4 is 0 Å². The molecule has 0 aliphatic rings. The van der Waals surface area contributed by atoms with Gasteiger partial charge in [0.2, 0.25) is 10.0 Å². The summed E-state index contributed by atoms with van der Waals surface area (Å²) in [6.45, 7) is 7.38. The van der Waals surface area contributed by atoms with E-state index in [2.05, 4.69) is 0 Å². The highest BCUT2D eigenvalue weighted by Gasteiger charge is 2.27. The molecule has 0 spiro atoms. The number of benzene rings is 1. The van der Waals surface area contributed by atoms with Crippen LogP contribution in [0.25, 0.3) is 0 Å². The summed E-state index contributed by atoms with van der Waals surface area (Å²) in [7, 11) is -3.65. The van der Waals surface area contributed by atoms with Gasteiger partial charge in [-0.25, -0.2) is 8.42 Å². The van der Waals surface area contributed by atoms with E-state index in [9.17, 15) is 13.2 Å². The number of aliphatic carboxylic acids is 1. The zero-order valence-electron chi connectivity index (χ0n) is 12.3. The molecular formula is C14H21NO4S. The van der Waals surface area contributed by atoms with Crippen molar-refractivity contribution in [2.24, 2.45) is 0 Å². The first-order valence-corrected chi connectivity index (χ1v) is 7.94. The lowest BCUT2D eigenvalue weighted by molar-refractivity contribution is -0.137. The van der Waals surface area contributed by atoms with Crippen LogP contribution in [-0.4, -0.2) is 36.9 Å². The number of sulfonamides is 1. The number of hydrogen-bond donors (Lipinski definition) is 1. The Balaban J connectivity index is 3.24. The number of carboxylic acids is 1. The lowest BCUT2D eigenvalue weighted by atomic mass is 10.1. The van der Waals surface area contributed by atoms with Crippen LogP contribution >= 0.6 is 0 Å². The number of nitrogens with zero attached hydrogens (tertiary/aromatic N) is 1. The highest BCUT2D eigenvalue weighted by molar-refractivity contribution is 7.89. The van der Waals surface area contributed by atoms with E-state index >= 15 is 0 Å². The van der Waals surface area contributed by atoms with Crippen LogP contribution in [-0.2, 0) is 14.8 Å². The van der Waals surface area contributed by atoms with E-state index < -0.39 is 16.0 Å². The zero-order chi connectivity index (χ0) is 15.5. The standard InChI is InChI=1S/C14H21NO4S/c1-5-15(7-6-13(16)17)20(18,19)14-11(3)8-10(2)9-12(14)4/h8-9H,5-7H2,1-4H3,(H,16,17). The second-order valence-corrected chi connectivity index (χ2v) is 6.74. The van der Waals surface area contributed by atoms with Crippen LogP contribution in [0.15, 0.2) is 17.0 Å². The van der Waals surface area contributed by atoms with Crippen molar-refractivity contribution in [3.63, 3.8) is 0 Å². The molecule has 1 rings (SSSR count). The minimum Gasteiger partial charge on any atom is -0.481 e. The molecule has 0 unspecified atom stereocenters. The molecule has 0 radical (unpaired) electrons. The van der Waals surface area contributed by atoms with Crippen LogP contribution in [0.3, 0.4) is 0 Å². The van der Waals surface area contributed by atoms with Gasteiger partial charge in [-0.3, -0.25) is 4.79 Å². The van der Waals surface area contributed by atoms with Gasteiger partial charge in [0.25, 0.3) is 0 Å². The topological polar surface area (TPSA) is 74.7 Å². The summed E-state index contributed by atoms with van der Waals surface area (Å²) in [6, 6.07) is 3.65. The third-order valence-electron chi connectivity index (χ3n) is 3.13. The van der Waals surface area contributed by atoms with Crippen LogP contribution in [0.4, 0.5) is 0 Å². The maximum absolute atomic E-state index is 12.7. The molecule has 0 heterocycles. The minimum absolute atomic E-state index is 0.0130. The van der Waals surface area contributed by atoms with E-state index in [1.54, 1.807) is 20.8 Å².